The van der Waals surface area contributed by atoms with Crippen LogP contribution in [0.25, 0.3) is 21.3 Å². The molecule has 3 heterocycles. The Kier molecular flexibility index (Phi) is 4.15. The molecule has 0 aliphatic carbocycles. The Morgan fingerprint density at radius 1 is 1.16 bits per heavy atom. The van der Waals surface area contributed by atoms with Crippen molar-refractivity contribution in [2.45, 2.75) is 26.4 Å². The van der Waals surface area contributed by atoms with Crippen molar-refractivity contribution >= 4 is 27.4 Å². The standard InChI is InChI=1S/C18H18N6S/c1-12-3-5-14(6-4-12)15-8-25-18-16(15)17(20-10-21-18)23-13(2)7-24-11-19-9-22-24/h3-6,8-11,13H,7H2,1-2H3,(H,20,21,23)/t13-/m1/s1. The van der Waals surface area contributed by atoms with Crippen molar-refractivity contribution in [2.75, 3.05) is 5.32 Å². The number of hydrogen-bond donors (Lipinski definition) is 1. The van der Waals surface area contributed by atoms with Crippen molar-refractivity contribution in [3.63, 3.8) is 0 Å². The summed E-state index contributed by atoms with van der Waals surface area (Å²) in [4.78, 5) is 13.9. The molecule has 25 heavy (non-hydrogen) atoms. The third kappa shape index (κ3) is 3.23. The summed E-state index contributed by atoms with van der Waals surface area (Å²) in [6.45, 7) is 4.92. The van der Waals surface area contributed by atoms with Gasteiger partial charge < -0.3 is 5.32 Å². The fourth-order valence-electron chi connectivity index (χ4n) is 2.82. The van der Waals surface area contributed by atoms with E-state index < -0.39 is 0 Å². The van der Waals surface area contributed by atoms with Gasteiger partial charge in [-0.25, -0.2) is 15.0 Å². The lowest BCUT2D eigenvalue weighted by molar-refractivity contribution is 0.558. The van der Waals surface area contributed by atoms with Crippen molar-refractivity contribution in [2.24, 2.45) is 0 Å². The zero-order valence-electron chi connectivity index (χ0n) is 14.0. The Bertz CT molecular complexity index is 975. The van der Waals surface area contributed by atoms with Crippen LogP contribution in [0.3, 0.4) is 0 Å². The van der Waals surface area contributed by atoms with Gasteiger partial charge in [0.1, 0.15) is 29.6 Å². The van der Waals surface area contributed by atoms with Crippen LogP contribution in [-0.2, 0) is 6.54 Å². The highest BCUT2D eigenvalue weighted by atomic mass is 32.1. The summed E-state index contributed by atoms with van der Waals surface area (Å²) >= 11 is 1.64. The van der Waals surface area contributed by atoms with Crippen LogP contribution < -0.4 is 5.32 Å². The summed E-state index contributed by atoms with van der Waals surface area (Å²) < 4.78 is 1.81. The van der Waals surface area contributed by atoms with E-state index in [4.69, 9.17) is 0 Å². The third-order valence-electron chi connectivity index (χ3n) is 4.04. The minimum Gasteiger partial charge on any atom is -0.365 e. The minimum absolute atomic E-state index is 0.158. The number of benzene rings is 1. The number of thiophene rings is 1. The summed E-state index contributed by atoms with van der Waals surface area (Å²) in [6, 6.07) is 8.70. The van der Waals surface area contributed by atoms with Gasteiger partial charge in [0.25, 0.3) is 0 Å². The molecule has 0 spiro atoms. The van der Waals surface area contributed by atoms with E-state index in [0.29, 0.717) is 0 Å². The smallest absolute Gasteiger partial charge is 0.139 e. The molecule has 4 rings (SSSR count). The Morgan fingerprint density at radius 2 is 2.00 bits per heavy atom. The molecule has 0 bridgehead atoms. The maximum absolute atomic E-state index is 4.49. The molecule has 1 atom stereocenters. The van der Waals surface area contributed by atoms with Crippen LogP contribution in [-0.4, -0.2) is 30.8 Å². The van der Waals surface area contributed by atoms with Crippen molar-refractivity contribution in [1.29, 1.82) is 0 Å². The summed E-state index contributed by atoms with van der Waals surface area (Å²) in [5.74, 6) is 0.856. The number of fused-ring (bicyclic) bond motifs is 1. The molecule has 126 valence electrons. The van der Waals surface area contributed by atoms with Gasteiger partial charge in [-0.2, -0.15) is 5.10 Å². The fourth-order valence-corrected chi connectivity index (χ4v) is 3.73. The van der Waals surface area contributed by atoms with Gasteiger partial charge in [-0.3, -0.25) is 4.68 Å². The molecule has 1 aromatic carbocycles. The lowest BCUT2D eigenvalue weighted by Crippen LogP contribution is -2.23. The van der Waals surface area contributed by atoms with Crippen molar-refractivity contribution < 1.29 is 0 Å². The minimum atomic E-state index is 0.158. The first-order chi connectivity index (χ1) is 12.2. The van der Waals surface area contributed by atoms with Gasteiger partial charge in [-0.15, -0.1) is 11.3 Å². The summed E-state index contributed by atoms with van der Waals surface area (Å²) in [5, 5.41) is 10.9. The van der Waals surface area contributed by atoms with Crippen LogP contribution >= 0.6 is 11.3 Å². The molecule has 1 N–H and O–H groups in total. The van der Waals surface area contributed by atoms with Crippen molar-refractivity contribution in [1.82, 2.24) is 24.7 Å². The molecule has 0 unspecified atom stereocenters. The average Bonchev–Trinajstić information content (AvgIpc) is 3.25. The Hall–Kier alpha value is -2.80. The number of anilines is 1. The highest BCUT2D eigenvalue weighted by Crippen LogP contribution is 2.36. The molecule has 0 aliphatic rings. The van der Waals surface area contributed by atoms with Crippen LogP contribution in [0.4, 0.5) is 5.82 Å². The zero-order valence-corrected chi connectivity index (χ0v) is 14.9. The monoisotopic (exact) mass is 350 g/mol. The van der Waals surface area contributed by atoms with E-state index in [1.807, 2.05) is 4.68 Å². The highest BCUT2D eigenvalue weighted by molar-refractivity contribution is 7.17. The molecule has 0 saturated heterocycles. The Labute approximate surface area is 149 Å². The van der Waals surface area contributed by atoms with Gasteiger partial charge in [-0.05, 0) is 19.4 Å². The lowest BCUT2D eigenvalue weighted by Gasteiger charge is -2.15. The number of aryl methyl sites for hydroxylation is 1. The van der Waals surface area contributed by atoms with E-state index >= 15 is 0 Å². The molecule has 3 aromatic heterocycles. The number of rotatable bonds is 5. The second-order valence-corrected chi connectivity index (χ2v) is 6.94. The van der Waals surface area contributed by atoms with E-state index in [2.05, 4.69) is 68.9 Å². The molecular weight excluding hydrogens is 332 g/mol. The van der Waals surface area contributed by atoms with E-state index in [1.54, 1.807) is 30.3 Å². The maximum atomic E-state index is 4.49. The maximum Gasteiger partial charge on any atom is 0.139 e. The second-order valence-electron chi connectivity index (χ2n) is 6.08. The van der Waals surface area contributed by atoms with E-state index in [9.17, 15) is 0 Å². The summed E-state index contributed by atoms with van der Waals surface area (Å²) in [5.41, 5.74) is 3.59. The summed E-state index contributed by atoms with van der Waals surface area (Å²) in [6.07, 6.45) is 4.88. The SMILES string of the molecule is Cc1ccc(-c2csc3ncnc(N[C@H](C)Cn4cncn4)c23)cc1. The predicted octanol–water partition coefficient (Wildman–Crippen LogP) is 3.76. The lowest BCUT2D eigenvalue weighted by atomic mass is 10.0. The zero-order chi connectivity index (χ0) is 17.2. The normalized spacial score (nSPS) is 12.4. The molecule has 0 radical (unpaired) electrons. The number of nitrogens with one attached hydrogen (secondary N) is 1. The van der Waals surface area contributed by atoms with Crippen molar-refractivity contribution in [3.05, 3.63) is 54.2 Å². The van der Waals surface area contributed by atoms with E-state index in [1.165, 1.54) is 11.1 Å². The van der Waals surface area contributed by atoms with Gasteiger partial charge in [0.2, 0.25) is 0 Å². The summed E-state index contributed by atoms with van der Waals surface area (Å²) in [7, 11) is 0. The van der Waals surface area contributed by atoms with Crippen molar-refractivity contribution in [3.8, 4) is 11.1 Å². The van der Waals surface area contributed by atoms with E-state index in [-0.39, 0.29) is 6.04 Å². The molecule has 0 amide bonds. The Morgan fingerprint density at radius 3 is 2.76 bits per heavy atom. The van der Waals surface area contributed by atoms with Crippen LogP contribution in [0.15, 0.2) is 48.6 Å². The first-order valence-corrected chi connectivity index (χ1v) is 8.97. The third-order valence-corrected chi connectivity index (χ3v) is 4.93. The molecule has 0 fully saturated rings. The molecular formula is C18H18N6S. The number of hydrogen-bond acceptors (Lipinski definition) is 6. The number of nitrogens with zero attached hydrogens (tertiary/aromatic N) is 5. The number of aromatic nitrogens is 5. The second kappa shape index (κ2) is 6.60. The van der Waals surface area contributed by atoms with Gasteiger partial charge >= 0.3 is 0 Å². The van der Waals surface area contributed by atoms with Crippen LogP contribution in [0.1, 0.15) is 12.5 Å². The molecule has 4 aromatic rings. The van der Waals surface area contributed by atoms with Crippen LogP contribution in [0.5, 0.6) is 0 Å². The quantitative estimate of drug-likeness (QED) is 0.593. The van der Waals surface area contributed by atoms with Gasteiger partial charge in [0.05, 0.1) is 11.9 Å². The van der Waals surface area contributed by atoms with Gasteiger partial charge in [-0.1, -0.05) is 29.8 Å². The van der Waals surface area contributed by atoms with Crippen LogP contribution in [0.2, 0.25) is 0 Å². The van der Waals surface area contributed by atoms with Gasteiger partial charge in [0.15, 0.2) is 0 Å². The highest BCUT2D eigenvalue weighted by Gasteiger charge is 2.15. The molecule has 6 nitrogen and oxygen atoms in total. The topological polar surface area (TPSA) is 68.5 Å². The largest absolute Gasteiger partial charge is 0.365 e. The fraction of sp³-hybridized carbons (Fsp3) is 0.222. The first-order valence-electron chi connectivity index (χ1n) is 8.09. The van der Waals surface area contributed by atoms with Gasteiger partial charge in [0, 0.05) is 17.0 Å². The van der Waals surface area contributed by atoms with Crippen LogP contribution in [0, 0.1) is 6.92 Å². The Balaban J connectivity index is 1.69. The predicted molar refractivity (Wildman–Crippen MR) is 101 cm³/mol. The first kappa shape index (κ1) is 15.7. The molecule has 0 aliphatic heterocycles. The van der Waals surface area contributed by atoms with E-state index in [0.717, 1.165) is 28.1 Å². The molecule has 7 heteroatoms. The molecule has 0 saturated carbocycles. The average molecular weight is 350 g/mol.